The lowest BCUT2D eigenvalue weighted by Crippen LogP contribution is -2.26. The highest BCUT2D eigenvalue weighted by Crippen LogP contribution is 2.39. The molecule has 0 spiro atoms. The van der Waals surface area contributed by atoms with Gasteiger partial charge in [0.15, 0.2) is 4.34 Å². The fraction of sp³-hybridized carbons (Fsp3) is 0.467. The van der Waals surface area contributed by atoms with E-state index < -0.39 is 0 Å². The largest absolute Gasteiger partial charge is 0.312 e. The topological polar surface area (TPSA) is 37.8 Å². The van der Waals surface area contributed by atoms with Gasteiger partial charge >= 0.3 is 0 Å². The number of nitrogens with one attached hydrogen (secondary N) is 1. The first-order valence-corrected chi connectivity index (χ1v) is 8.69. The van der Waals surface area contributed by atoms with E-state index in [9.17, 15) is 0 Å². The average Bonchev–Trinajstić information content (AvgIpc) is 2.78. The molecule has 3 rings (SSSR count). The summed E-state index contributed by atoms with van der Waals surface area (Å²) in [6.07, 6.45) is 3.63. The molecule has 5 heteroatoms. The predicted octanol–water partition coefficient (Wildman–Crippen LogP) is 3.60. The van der Waals surface area contributed by atoms with Crippen molar-refractivity contribution in [3.8, 4) is 0 Å². The third-order valence-corrected chi connectivity index (χ3v) is 6.03. The SMILES string of the molecule is CNC1c2ccccc2CCCC1Sc1nnc(C)s1. The lowest BCUT2D eigenvalue weighted by atomic mass is 9.99. The number of thioether (sulfide) groups is 1. The number of fused-ring (bicyclic) bond motifs is 1. The number of nitrogens with zero attached hydrogens (tertiary/aromatic N) is 2. The third kappa shape index (κ3) is 2.90. The van der Waals surface area contributed by atoms with E-state index in [1.54, 1.807) is 11.3 Å². The minimum absolute atomic E-state index is 0.392. The van der Waals surface area contributed by atoms with E-state index >= 15 is 0 Å². The van der Waals surface area contributed by atoms with Crippen molar-refractivity contribution in [2.45, 2.75) is 41.8 Å². The Balaban J connectivity index is 1.87. The van der Waals surface area contributed by atoms with Crippen molar-refractivity contribution < 1.29 is 0 Å². The molecule has 0 amide bonds. The summed E-state index contributed by atoms with van der Waals surface area (Å²) < 4.78 is 1.09. The Hall–Kier alpha value is -0.910. The maximum atomic E-state index is 4.27. The van der Waals surface area contributed by atoms with Crippen LogP contribution < -0.4 is 5.32 Å². The van der Waals surface area contributed by atoms with Gasteiger partial charge in [0.25, 0.3) is 0 Å². The van der Waals surface area contributed by atoms with Crippen LogP contribution in [0.25, 0.3) is 0 Å². The fourth-order valence-electron chi connectivity index (χ4n) is 2.85. The molecular formula is C15H19N3S2. The van der Waals surface area contributed by atoms with Gasteiger partial charge in [-0.3, -0.25) is 0 Å². The number of benzene rings is 1. The Morgan fingerprint density at radius 1 is 1.30 bits per heavy atom. The Morgan fingerprint density at radius 3 is 2.90 bits per heavy atom. The summed E-state index contributed by atoms with van der Waals surface area (Å²) in [6.45, 7) is 2.01. The van der Waals surface area contributed by atoms with Crippen LogP contribution in [0.4, 0.5) is 0 Å². The minimum atomic E-state index is 0.392. The molecule has 0 aliphatic heterocycles. The number of aryl methyl sites for hydroxylation is 2. The molecule has 0 bridgehead atoms. The number of hydrogen-bond acceptors (Lipinski definition) is 5. The number of aromatic nitrogens is 2. The summed E-state index contributed by atoms with van der Waals surface area (Å²) in [4.78, 5) is 0. The van der Waals surface area contributed by atoms with Gasteiger partial charge in [0.2, 0.25) is 0 Å². The molecule has 0 saturated heterocycles. The van der Waals surface area contributed by atoms with Crippen LogP contribution in [-0.2, 0) is 6.42 Å². The van der Waals surface area contributed by atoms with Gasteiger partial charge in [-0.15, -0.1) is 10.2 Å². The molecule has 1 aliphatic carbocycles. The van der Waals surface area contributed by atoms with Crippen LogP contribution in [0.15, 0.2) is 28.6 Å². The fourth-order valence-corrected chi connectivity index (χ4v) is 5.24. The quantitative estimate of drug-likeness (QED) is 0.879. The van der Waals surface area contributed by atoms with Crippen molar-refractivity contribution in [3.05, 3.63) is 40.4 Å². The number of rotatable bonds is 3. The Morgan fingerprint density at radius 2 is 2.15 bits per heavy atom. The first-order valence-electron chi connectivity index (χ1n) is 7.00. The molecule has 1 aliphatic rings. The van der Waals surface area contributed by atoms with Crippen molar-refractivity contribution in [1.82, 2.24) is 15.5 Å². The predicted molar refractivity (Wildman–Crippen MR) is 85.5 cm³/mol. The maximum absolute atomic E-state index is 4.27. The molecule has 106 valence electrons. The summed E-state index contributed by atoms with van der Waals surface area (Å²) in [5, 5.41) is 13.5. The highest BCUT2D eigenvalue weighted by molar-refractivity contribution is 8.01. The first-order chi connectivity index (χ1) is 9.78. The van der Waals surface area contributed by atoms with Gasteiger partial charge in [0.1, 0.15) is 5.01 Å². The van der Waals surface area contributed by atoms with Crippen molar-refractivity contribution >= 4 is 23.1 Å². The highest BCUT2D eigenvalue weighted by atomic mass is 32.2. The Kier molecular flexibility index (Phi) is 4.38. The molecule has 3 nitrogen and oxygen atoms in total. The minimum Gasteiger partial charge on any atom is -0.312 e. The van der Waals surface area contributed by atoms with Crippen LogP contribution in [0.1, 0.15) is 35.0 Å². The number of hydrogen-bond donors (Lipinski definition) is 1. The zero-order valence-corrected chi connectivity index (χ0v) is 13.4. The van der Waals surface area contributed by atoms with Gasteiger partial charge in [-0.1, -0.05) is 47.4 Å². The first kappa shape index (κ1) is 14.0. The monoisotopic (exact) mass is 305 g/mol. The van der Waals surface area contributed by atoms with Crippen molar-refractivity contribution in [1.29, 1.82) is 0 Å². The second-order valence-corrected chi connectivity index (χ2v) is 7.77. The van der Waals surface area contributed by atoms with E-state index in [1.807, 2.05) is 18.7 Å². The van der Waals surface area contributed by atoms with Crippen molar-refractivity contribution in [2.24, 2.45) is 0 Å². The van der Waals surface area contributed by atoms with E-state index in [1.165, 1.54) is 30.4 Å². The molecule has 1 N–H and O–H groups in total. The van der Waals surface area contributed by atoms with E-state index in [2.05, 4.69) is 46.8 Å². The molecule has 1 aromatic carbocycles. The van der Waals surface area contributed by atoms with E-state index in [-0.39, 0.29) is 0 Å². The van der Waals surface area contributed by atoms with Gasteiger partial charge in [-0.05, 0) is 44.4 Å². The van der Waals surface area contributed by atoms with Crippen molar-refractivity contribution in [3.63, 3.8) is 0 Å². The van der Waals surface area contributed by atoms with Crippen LogP contribution in [-0.4, -0.2) is 22.5 Å². The Labute approximate surface area is 128 Å². The lowest BCUT2D eigenvalue weighted by molar-refractivity contribution is 0.547. The standard InChI is InChI=1S/C15H19N3S2/c1-10-17-18-15(19-10)20-13-9-5-7-11-6-3-4-8-12(11)14(13)16-2/h3-4,6,8,13-14,16H,5,7,9H2,1-2H3. The molecule has 0 fully saturated rings. The van der Waals surface area contributed by atoms with Crippen LogP contribution in [0.3, 0.4) is 0 Å². The van der Waals surface area contributed by atoms with Gasteiger partial charge in [-0.25, -0.2) is 0 Å². The second-order valence-electron chi connectivity index (χ2n) is 5.10. The second kappa shape index (κ2) is 6.24. The van der Waals surface area contributed by atoms with E-state index in [0.29, 0.717) is 11.3 Å². The molecular weight excluding hydrogens is 286 g/mol. The van der Waals surface area contributed by atoms with Gasteiger partial charge in [0.05, 0.1) is 0 Å². The van der Waals surface area contributed by atoms with Gasteiger partial charge < -0.3 is 5.32 Å². The van der Waals surface area contributed by atoms with Gasteiger partial charge in [0, 0.05) is 11.3 Å². The average molecular weight is 305 g/mol. The summed E-state index contributed by atoms with van der Waals surface area (Å²) in [6, 6.07) is 9.21. The molecule has 2 aromatic rings. The summed E-state index contributed by atoms with van der Waals surface area (Å²) >= 11 is 3.57. The molecule has 20 heavy (non-hydrogen) atoms. The van der Waals surface area contributed by atoms with Crippen molar-refractivity contribution in [2.75, 3.05) is 7.05 Å². The molecule has 1 aromatic heterocycles. The normalized spacial score (nSPS) is 22.3. The lowest BCUT2D eigenvalue weighted by Gasteiger charge is -2.25. The molecule has 1 heterocycles. The molecule has 0 saturated carbocycles. The summed E-state index contributed by atoms with van der Waals surface area (Å²) in [7, 11) is 2.06. The molecule has 2 atom stereocenters. The van der Waals surface area contributed by atoms with E-state index in [0.717, 1.165) is 9.35 Å². The van der Waals surface area contributed by atoms with Gasteiger partial charge in [-0.2, -0.15) is 0 Å². The molecule has 0 radical (unpaired) electrons. The van der Waals surface area contributed by atoms with Crippen LogP contribution in [0, 0.1) is 6.92 Å². The third-order valence-electron chi connectivity index (χ3n) is 3.77. The summed E-state index contributed by atoms with van der Waals surface area (Å²) in [5.41, 5.74) is 2.94. The van der Waals surface area contributed by atoms with Crippen LogP contribution in [0.5, 0.6) is 0 Å². The highest BCUT2D eigenvalue weighted by Gasteiger charge is 2.28. The molecule has 2 unspecified atom stereocenters. The van der Waals surface area contributed by atoms with Crippen LogP contribution >= 0.6 is 23.1 Å². The smallest absolute Gasteiger partial charge is 0.174 e. The Bertz CT molecular complexity index is 582. The maximum Gasteiger partial charge on any atom is 0.174 e. The zero-order chi connectivity index (χ0) is 13.9. The van der Waals surface area contributed by atoms with Crippen LogP contribution in [0.2, 0.25) is 0 Å². The summed E-state index contributed by atoms with van der Waals surface area (Å²) in [5.74, 6) is 0. The zero-order valence-electron chi connectivity index (χ0n) is 11.8. The van der Waals surface area contributed by atoms with E-state index in [4.69, 9.17) is 0 Å².